The van der Waals surface area contributed by atoms with E-state index in [1.54, 1.807) is 7.11 Å². The smallest absolute Gasteiger partial charge is 0.274 e. The Hall–Kier alpha value is -3.08. The van der Waals surface area contributed by atoms with Crippen LogP contribution in [0.25, 0.3) is 11.4 Å². The number of nitrogens with zero attached hydrogens (tertiary/aromatic N) is 3. The Bertz CT molecular complexity index is 1060. The van der Waals surface area contributed by atoms with Crippen LogP contribution in [0.2, 0.25) is 0 Å². The van der Waals surface area contributed by atoms with Gasteiger partial charge in [0.2, 0.25) is 0 Å². The Labute approximate surface area is 183 Å². The lowest BCUT2D eigenvalue weighted by Crippen LogP contribution is -2.29. The minimum atomic E-state index is 0.0869. The summed E-state index contributed by atoms with van der Waals surface area (Å²) >= 11 is 0. The molecule has 160 valence electrons. The number of imidazole rings is 1. The third-order valence-electron chi connectivity index (χ3n) is 6.67. The van der Waals surface area contributed by atoms with Crippen molar-refractivity contribution in [1.29, 1.82) is 0 Å². The summed E-state index contributed by atoms with van der Waals surface area (Å²) in [7, 11) is 1.68. The summed E-state index contributed by atoms with van der Waals surface area (Å²) in [6.45, 7) is 2.47. The number of hydrogen-bond donors (Lipinski definition) is 0. The summed E-state index contributed by atoms with van der Waals surface area (Å²) in [5.74, 6) is 2.25. The van der Waals surface area contributed by atoms with E-state index in [9.17, 15) is 4.79 Å². The van der Waals surface area contributed by atoms with Crippen molar-refractivity contribution in [3.05, 3.63) is 71.5 Å². The summed E-state index contributed by atoms with van der Waals surface area (Å²) < 4.78 is 7.57. The van der Waals surface area contributed by atoms with E-state index in [-0.39, 0.29) is 5.91 Å². The molecule has 1 amide bonds. The fourth-order valence-corrected chi connectivity index (χ4v) is 4.94. The summed E-state index contributed by atoms with van der Waals surface area (Å²) in [5, 5.41) is 0. The lowest BCUT2D eigenvalue weighted by molar-refractivity contribution is 0.0784. The quantitative estimate of drug-likeness (QED) is 0.608. The largest absolute Gasteiger partial charge is 0.497 e. The molecule has 1 aromatic heterocycles. The maximum atomic E-state index is 13.6. The van der Waals surface area contributed by atoms with E-state index in [1.807, 2.05) is 35.2 Å². The fraction of sp³-hybridized carbons (Fsp3) is 0.385. The Morgan fingerprint density at radius 2 is 1.81 bits per heavy atom. The van der Waals surface area contributed by atoms with Crippen LogP contribution in [0.15, 0.2) is 54.6 Å². The third kappa shape index (κ3) is 3.85. The van der Waals surface area contributed by atoms with E-state index >= 15 is 0 Å². The molecule has 3 heterocycles. The molecule has 5 nitrogen and oxygen atoms in total. The van der Waals surface area contributed by atoms with E-state index in [2.05, 4.69) is 28.8 Å². The zero-order chi connectivity index (χ0) is 21.2. The second-order valence-corrected chi connectivity index (χ2v) is 8.57. The van der Waals surface area contributed by atoms with Gasteiger partial charge in [-0.25, -0.2) is 4.98 Å². The number of fused-ring (bicyclic) bond motifs is 1. The monoisotopic (exact) mass is 415 g/mol. The van der Waals surface area contributed by atoms with Gasteiger partial charge in [0.25, 0.3) is 5.91 Å². The van der Waals surface area contributed by atoms with Gasteiger partial charge < -0.3 is 14.2 Å². The maximum absolute atomic E-state index is 13.6. The Morgan fingerprint density at radius 3 is 2.58 bits per heavy atom. The van der Waals surface area contributed by atoms with Gasteiger partial charge in [-0.3, -0.25) is 4.79 Å². The van der Waals surface area contributed by atoms with Crippen molar-refractivity contribution in [2.24, 2.45) is 0 Å². The van der Waals surface area contributed by atoms with Crippen LogP contribution < -0.4 is 4.74 Å². The highest BCUT2D eigenvalue weighted by atomic mass is 16.5. The van der Waals surface area contributed by atoms with Gasteiger partial charge in [-0.1, -0.05) is 48.9 Å². The first-order chi connectivity index (χ1) is 15.2. The minimum Gasteiger partial charge on any atom is -0.497 e. The van der Waals surface area contributed by atoms with Crippen LogP contribution >= 0.6 is 0 Å². The first kappa shape index (κ1) is 19.9. The van der Waals surface area contributed by atoms with Crippen molar-refractivity contribution in [3.63, 3.8) is 0 Å². The molecule has 1 fully saturated rings. The zero-order valence-electron chi connectivity index (χ0n) is 18.1. The van der Waals surface area contributed by atoms with Gasteiger partial charge in [0.15, 0.2) is 0 Å². The number of rotatable bonds is 4. The van der Waals surface area contributed by atoms with Crippen molar-refractivity contribution in [1.82, 2.24) is 14.5 Å². The Morgan fingerprint density at radius 1 is 1.00 bits per heavy atom. The second kappa shape index (κ2) is 8.58. The molecule has 0 saturated carbocycles. The van der Waals surface area contributed by atoms with Gasteiger partial charge in [-0.05, 0) is 43.4 Å². The van der Waals surface area contributed by atoms with Crippen LogP contribution in [-0.4, -0.2) is 40.6 Å². The first-order valence-corrected chi connectivity index (χ1v) is 11.3. The molecule has 3 aromatic rings. The average Bonchev–Trinajstić information content (AvgIpc) is 3.38. The van der Waals surface area contributed by atoms with Crippen LogP contribution in [0.5, 0.6) is 5.75 Å². The maximum Gasteiger partial charge on any atom is 0.274 e. The van der Waals surface area contributed by atoms with Crippen molar-refractivity contribution in [3.8, 4) is 17.1 Å². The predicted octanol–water partition coefficient (Wildman–Crippen LogP) is 4.91. The lowest BCUT2D eigenvalue weighted by atomic mass is 9.98. The van der Waals surface area contributed by atoms with Crippen LogP contribution in [0.1, 0.15) is 53.3 Å². The molecule has 2 aliphatic heterocycles. The number of carbonyl (C=O) groups excluding carboxylic acids is 1. The Balaban J connectivity index is 1.42. The molecule has 5 heteroatoms. The Kier molecular flexibility index (Phi) is 5.49. The van der Waals surface area contributed by atoms with E-state index in [0.717, 1.165) is 68.1 Å². The highest BCUT2D eigenvalue weighted by Crippen LogP contribution is 2.32. The molecule has 31 heavy (non-hydrogen) atoms. The van der Waals surface area contributed by atoms with E-state index in [0.29, 0.717) is 11.6 Å². The molecule has 0 aliphatic carbocycles. The summed E-state index contributed by atoms with van der Waals surface area (Å²) in [6, 6.07) is 18.5. The van der Waals surface area contributed by atoms with E-state index in [1.165, 1.54) is 12.0 Å². The SMILES string of the molecule is COc1ccc(C2CCN(C(=O)c3nc(-c4ccccc4)n4c3CCCCC4)C2)cc1. The highest BCUT2D eigenvalue weighted by molar-refractivity contribution is 5.94. The van der Waals surface area contributed by atoms with Crippen LogP contribution in [-0.2, 0) is 13.0 Å². The van der Waals surface area contributed by atoms with Crippen LogP contribution in [0, 0.1) is 0 Å². The highest BCUT2D eigenvalue weighted by Gasteiger charge is 2.32. The number of aromatic nitrogens is 2. The summed E-state index contributed by atoms with van der Waals surface area (Å²) in [5.41, 5.74) is 4.14. The van der Waals surface area contributed by atoms with Gasteiger partial charge in [0.05, 0.1) is 12.8 Å². The van der Waals surface area contributed by atoms with Crippen molar-refractivity contribution >= 4 is 5.91 Å². The molecule has 2 aromatic carbocycles. The normalized spacial score (nSPS) is 18.5. The number of methoxy groups -OCH3 is 1. The zero-order valence-corrected chi connectivity index (χ0v) is 18.1. The molecular weight excluding hydrogens is 386 g/mol. The molecule has 0 N–H and O–H groups in total. The van der Waals surface area contributed by atoms with E-state index in [4.69, 9.17) is 9.72 Å². The molecule has 5 rings (SSSR count). The molecule has 2 aliphatic rings. The topological polar surface area (TPSA) is 47.4 Å². The number of benzene rings is 2. The van der Waals surface area contributed by atoms with Crippen molar-refractivity contribution < 1.29 is 9.53 Å². The van der Waals surface area contributed by atoms with E-state index < -0.39 is 0 Å². The van der Waals surface area contributed by atoms with Crippen molar-refractivity contribution in [2.45, 2.75) is 44.6 Å². The van der Waals surface area contributed by atoms with Gasteiger partial charge in [0, 0.05) is 31.1 Å². The molecule has 0 radical (unpaired) electrons. The van der Waals surface area contributed by atoms with Gasteiger partial charge in [-0.2, -0.15) is 0 Å². The number of likely N-dealkylation sites (tertiary alicyclic amines) is 1. The molecule has 1 atom stereocenters. The second-order valence-electron chi connectivity index (χ2n) is 8.57. The molecule has 1 unspecified atom stereocenters. The van der Waals surface area contributed by atoms with Gasteiger partial charge >= 0.3 is 0 Å². The van der Waals surface area contributed by atoms with Gasteiger partial charge in [0.1, 0.15) is 17.3 Å². The standard InChI is InChI=1S/C26H29N3O2/c1-31-22-13-11-19(12-14-22)21-15-17-28(18-21)26(30)24-23-10-6-3-7-16-29(23)25(27-24)20-8-4-2-5-9-20/h2,4-5,8-9,11-14,21H,3,6-7,10,15-18H2,1H3. The minimum absolute atomic E-state index is 0.0869. The average molecular weight is 416 g/mol. The first-order valence-electron chi connectivity index (χ1n) is 11.3. The summed E-state index contributed by atoms with van der Waals surface area (Å²) in [4.78, 5) is 20.5. The third-order valence-corrected chi connectivity index (χ3v) is 6.67. The van der Waals surface area contributed by atoms with Crippen LogP contribution in [0.4, 0.5) is 0 Å². The number of amides is 1. The number of hydrogen-bond acceptors (Lipinski definition) is 3. The number of ether oxygens (including phenoxy) is 1. The van der Waals surface area contributed by atoms with Crippen molar-refractivity contribution in [2.75, 3.05) is 20.2 Å². The lowest BCUT2D eigenvalue weighted by Gasteiger charge is -2.17. The fourth-order valence-electron chi connectivity index (χ4n) is 4.94. The summed E-state index contributed by atoms with van der Waals surface area (Å²) in [6.07, 6.45) is 5.37. The molecule has 1 saturated heterocycles. The predicted molar refractivity (Wildman–Crippen MR) is 121 cm³/mol. The molecule has 0 bridgehead atoms. The molecule has 0 spiro atoms. The molecular formula is C26H29N3O2. The van der Waals surface area contributed by atoms with Crippen LogP contribution in [0.3, 0.4) is 0 Å². The van der Waals surface area contributed by atoms with Gasteiger partial charge in [-0.15, -0.1) is 0 Å². The number of carbonyl (C=O) groups is 1.